The van der Waals surface area contributed by atoms with E-state index < -0.39 is 0 Å². The Morgan fingerprint density at radius 3 is 2.62 bits per heavy atom. The Hall–Kier alpha value is -2.92. The minimum absolute atomic E-state index is 0.586. The van der Waals surface area contributed by atoms with Crippen LogP contribution in [0, 0.1) is 17.2 Å². The third-order valence-electron chi connectivity index (χ3n) is 6.35. The quantitative estimate of drug-likeness (QED) is 0.327. The Labute approximate surface area is 212 Å². The van der Waals surface area contributed by atoms with Crippen molar-refractivity contribution in [3.8, 4) is 17.3 Å². The van der Waals surface area contributed by atoms with Crippen molar-refractivity contribution in [3.05, 3.63) is 81.4 Å². The fourth-order valence-electron chi connectivity index (χ4n) is 4.41. The van der Waals surface area contributed by atoms with E-state index in [4.69, 9.17) is 21.8 Å². The standard InChI is InChI=1S/C26H24BrClN6/c27-22-16-31-34-25(13-24(32-26(22)34)21-3-1-2-4-23(21)28)30-15-19-9-11-33(12-10-19)17-20-7-5-18(14-29)6-8-20/h1-8,13,16,19,30H,9-12,15,17H2. The fraction of sp³-hybridized carbons (Fsp3) is 0.269. The van der Waals surface area contributed by atoms with Crippen LogP contribution in [0.1, 0.15) is 24.0 Å². The summed E-state index contributed by atoms with van der Waals surface area (Å²) in [6.07, 6.45) is 4.04. The summed E-state index contributed by atoms with van der Waals surface area (Å²) in [6.45, 7) is 3.94. The lowest BCUT2D eigenvalue weighted by Crippen LogP contribution is -2.35. The Morgan fingerprint density at radius 2 is 1.88 bits per heavy atom. The Kier molecular flexibility index (Phi) is 6.82. The molecule has 0 atom stereocenters. The number of likely N-dealkylation sites (tertiary alicyclic amines) is 1. The number of halogens is 2. The van der Waals surface area contributed by atoms with Gasteiger partial charge in [0.2, 0.25) is 0 Å². The normalized spacial score (nSPS) is 14.9. The van der Waals surface area contributed by atoms with Gasteiger partial charge in [-0.1, -0.05) is 41.9 Å². The molecule has 0 aliphatic carbocycles. The summed E-state index contributed by atoms with van der Waals surface area (Å²) in [6, 6.07) is 19.9. The highest BCUT2D eigenvalue weighted by molar-refractivity contribution is 9.10. The molecule has 6 nitrogen and oxygen atoms in total. The largest absolute Gasteiger partial charge is 0.370 e. The third kappa shape index (κ3) is 4.95. The smallest absolute Gasteiger partial charge is 0.172 e. The van der Waals surface area contributed by atoms with Gasteiger partial charge in [0.25, 0.3) is 0 Å². The molecule has 1 N–H and O–H groups in total. The van der Waals surface area contributed by atoms with Crippen molar-refractivity contribution in [1.29, 1.82) is 5.26 Å². The number of hydrogen-bond acceptors (Lipinski definition) is 5. The van der Waals surface area contributed by atoms with Gasteiger partial charge in [-0.2, -0.15) is 14.9 Å². The van der Waals surface area contributed by atoms with Crippen molar-refractivity contribution < 1.29 is 0 Å². The number of nitrogens with zero attached hydrogens (tertiary/aromatic N) is 5. The molecule has 1 fully saturated rings. The number of anilines is 1. The minimum atomic E-state index is 0.586. The van der Waals surface area contributed by atoms with E-state index >= 15 is 0 Å². The van der Waals surface area contributed by atoms with Gasteiger partial charge < -0.3 is 5.32 Å². The molecule has 0 amide bonds. The SMILES string of the molecule is N#Cc1ccc(CN2CCC(CNc3cc(-c4ccccc4Cl)nc4c(Br)cnn34)CC2)cc1. The summed E-state index contributed by atoms with van der Waals surface area (Å²) in [5, 5.41) is 17.8. The van der Waals surface area contributed by atoms with Gasteiger partial charge in [0, 0.05) is 29.7 Å². The number of benzene rings is 2. The van der Waals surface area contributed by atoms with Crippen LogP contribution < -0.4 is 5.32 Å². The molecule has 2 aromatic carbocycles. The lowest BCUT2D eigenvalue weighted by Gasteiger charge is -2.32. The number of hydrogen-bond donors (Lipinski definition) is 1. The first kappa shape index (κ1) is 22.9. The average molecular weight is 536 g/mol. The number of nitrogens with one attached hydrogen (secondary N) is 1. The van der Waals surface area contributed by atoms with Crippen LogP contribution in [0.15, 0.2) is 65.3 Å². The van der Waals surface area contributed by atoms with Gasteiger partial charge in [-0.05, 0) is 71.5 Å². The molecule has 0 unspecified atom stereocenters. The minimum Gasteiger partial charge on any atom is -0.370 e. The fourth-order valence-corrected chi connectivity index (χ4v) is 4.99. The van der Waals surface area contributed by atoms with E-state index in [1.54, 1.807) is 6.20 Å². The zero-order chi connectivity index (χ0) is 23.5. The van der Waals surface area contributed by atoms with Crippen LogP contribution in [-0.4, -0.2) is 39.1 Å². The van der Waals surface area contributed by atoms with Crippen molar-refractivity contribution in [2.45, 2.75) is 19.4 Å². The maximum absolute atomic E-state index is 8.97. The van der Waals surface area contributed by atoms with Gasteiger partial charge >= 0.3 is 0 Å². The van der Waals surface area contributed by atoms with Gasteiger partial charge in [-0.3, -0.25) is 4.90 Å². The average Bonchev–Trinajstić information content (AvgIpc) is 3.25. The number of aromatic nitrogens is 3. The third-order valence-corrected chi connectivity index (χ3v) is 7.24. The van der Waals surface area contributed by atoms with Crippen LogP contribution in [0.3, 0.4) is 0 Å². The first-order valence-electron chi connectivity index (χ1n) is 11.3. The number of rotatable bonds is 6. The zero-order valence-corrected chi connectivity index (χ0v) is 20.9. The van der Waals surface area contributed by atoms with Gasteiger partial charge in [-0.15, -0.1) is 0 Å². The summed E-state index contributed by atoms with van der Waals surface area (Å²) in [4.78, 5) is 7.28. The second kappa shape index (κ2) is 10.1. The van der Waals surface area contributed by atoms with Crippen molar-refractivity contribution >= 4 is 39.0 Å². The Bertz CT molecular complexity index is 1340. The molecule has 5 rings (SSSR count). The van der Waals surface area contributed by atoms with Crippen LogP contribution >= 0.6 is 27.5 Å². The van der Waals surface area contributed by atoms with Crippen molar-refractivity contribution in [2.24, 2.45) is 5.92 Å². The van der Waals surface area contributed by atoms with Crippen molar-refractivity contribution in [1.82, 2.24) is 19.5 Å². The first-order valence-corrected chi connectivity index (χ1v) is 12.5. The number of nitriles is 1. The molecule has 0 spiro atoms. The predicted molar refractivity (Wildman–Crippen MR) is 139 cm³/mol. The molecule has 3 heterocycles. The second-order valence-electron chi connectivity index (χ2n) is 8.64. The Morgan fingerprint density at radius 1 is 1.12 bits per heavy atom. The van der Waals surface area contributed by atoms with E-state index in [0.29, 0.717) is 16.5 Å². The van der Waals surface area contributed by atoms with Crippen LogP contribution in [0.5, 0.6) is 0 Å². The topological polar surface area (TPSA) is 69.2 Å². The highest BCUT2D eigenvalue weighted by Gasteiger charge is 2.20. The molecule has 172 valence electrons. The highest BCUT2D eigenvalue weighted by atomic mass is 79.9. The molecule has 1 aliphatic rings. The lowest BCUT2D eigenvalue weighted by atomic mass is 9.96. The van der Waals surface area contributed by atoms with Gasteiger partial charge in [-0.25, -0.2) is 4.98 Å². The van der Waals surface area contributed by atoms with Crippen molar-refractivity contribution in [3.63, 3.8) is 0 Å². The number of fused-ring (bicyclic) bond motifs is 1. The van der Waals surface area contributed by atoms with Crippen LogP contribution in [0.2, 0.25) is 5.02 Å². The van der Waals surface area contributed by atoms with E-state index in [9.17, 15) is 0 Å². The predicted octanol–water partition coefficient (Wildman–Crippen LogP) is 6.01. The molecule has 1 aliphatic heterocycles. The van der Waals surface area contributed by atoms with Crippen LogP contribution in [0.25, 0.3) is 16.9 Å². The monoisotopic (exact) mass is 534 g/mol. The molecule has 34 heavy (non-hydrogen) atoms. The summed E-state index contributed by atoms with van der Waals surface area (Å²) < 4.78 is 2.69. The van der Waals surface area contributed by atoms with E-state index in [-0.39, 0.29) is 0 Å². The molecule has 8 heteroatoms. The van der Waals surface area contributed by atoms with Gasteiger partial charge in [0.05, 0.1) is 28.0 Å². The lowest BCUT2D eigenvalue weighted by molar-refractivity contribution is 0.182. The molecule has 2 aromatic heterocycles. The summed E-state index contributed by atoms with van der Waals surface area (Å²) in [7, 11) is 0. The Balaban J connectivity index is 1.25. The highest BCUT2D eigenvalue weighted by Crippen LogP contribution is 2.30. The molecule has 0 radical (unpaired) electrons. The van der Waals surface area contributed by atoms with Crippen LogP contribution in [-0.2, 0) is 6.54 Å². The molecule has 0 bridgehead atoms. The summed E-state index contributed by atoms with van der Waals surface area (Å²) in [5.74, 6) is 1.49. The van der Waals surface area contributed by atoms with E-state index in [0.717, 1.165) is 66.2 Å². The molecule has 0 saturated carbocycles. The summed E-state index contributed by atoms with van der Waals surface area (Å²) in [5.41, 5.74) is 4.45. The summed E-state index contributed by atoms with van der Waals surface area (Å²) >= 11 is 10.0. The second-order valence-corrected chi connectivity index (χ2v) is 9.91. The van der Waals surface area contributed by atoms with E-state index in [2.05, 4.69) is 49.4 Å². The zero-order valence-electron chi connectivity index (χ0n) is 18.6. The molecule has 1 saturated heterocycles. The van der Waals surface area contributed by atoms with E-state index in [1.165, 1.54) is 5.56 Å². The van der Waals surface area contributed by atoms with E-state index in [1.807, 2.05) is 47.0 Å². The first-order chi connectivity index (χ1) is 16.6. The maximum Gasteiger partial charge on any atom is 0.172 e. The maximum atomic E-state index is 8.97. The molecular formula is C26H24BrClN6. The van der Waals surface area contributed by atoms with Gasteiger partial charge in [0.1, 0.15) is 5.82 Å². The molecule has 4 aromatic rings. The van der Waals surface area contributed by atoms with Crippen LogP contribution in [0.4, 0.5) is 5.82 Å². The number of piperidine rings is 1. The molecular weight excluding hydrogens is 512 g/mol. The van der Waals surface area contributed by atoms with Crippen molar-refractivity contribution in [2.75, 3.05) is 25.0 Å². The van der Waals surface area contributed by atoms with Gasteiger partial charge in [0.15, 0.2) is 5.65 Å².